The van der Waals surface area contributed by atoms with Gasteiger partial charge in [-0.15, -0.1) is 0 Å². The number of nitrogens with two attached hydrogens (primary N) is 1. The lowest BCUT2D eigenvalue weighted by atomic mass is 10.1. The van der Waals surface area contributed by atoms with Crippen molar-refractivity contribution in [2.75, 3.05) is 47.5 Å². The minimum Gasteiger partial charge on any atom is -0.504 e. The predicted molar refractivity (Wildman–Crippen MR) is 146 cm³/mol. The zero-order valence-corrected chi connectivity index (χ0v) is 22.1. The van der Waals surface area contributed by atoms with Crippen LogP contribution in [0.1, 0.15) is 30.4 Å². The number of aromatic hydroxyl groups is 2. The molecular weight excluding hydrogens is 490 g/mol. The minimum absolute atomic E-state index is 0.0314. The van der Waals surface area contributed by atoms with Gasteiger partial charge in [0, 0.05) is 31.8 Å². The van der Waals surface area contributed by atoms with Crippen molar-refractivity contribution in [3.63, 3.8) is 0 Å². The van der Waals surface area contributed by atoms with Crippen molar-refractivity contribution in [3.8, 4) is 28.7 Å². The summed E-state index contributed by atoms with van der Waals surface area (Å²) in [6.45, 7) is 1.99. The molecule has 0 bridgehead atoms. The molecule has 0 aromatic heterocycles. The van der Waals surface area contributed by atoms with Crippen LogP contribution in [-0.2, 0) is 9.59 Å². The number of nitrogens with zero attached hydrogens (tertiary/aromatic N) is 1. The van der Waals surface area contributed by atoms with E-state index in [4.69, 9.17) is 19.9 Å². The second-order valence-corrected chi connectivity index (χ2v) is 8.34. The summed E-state index contributed by atoms with van der Waals surface area (Å²) >= 11 is 0. The van der Waals surface area contributed by atoms with E-state index in [-0.39, 0.29) is 34.8 Å². The van der Waals surface area contributed by atoms with Crippen LogP contribution >= 0.6 is 0 Å². The van der Waals surface area contributed by atoms with Gasteiger partial charge in [-0.05, 0) is 73.4 Å². The minimum atomic E-state index is -0.265. The lowest BCUT2D eigenvalue weighted by Gasteiger charge is -2.21. The molecule has 0 spiro atoms. The molecule has 0 aliphatic heterocycles. The molecule has 2 aromatic carbocycles. The molecule has 2 aromatic rings. The molecule has 38 heavy (non-hydrogen) atoms. The number of rotatable bonds is 15. The summed E-state index contributed by atoms with van der Waals surface area (Å²) < 4.78 is 15.3. The Labute approximate surface area is 223 Å². The number of methoxy groups -OCH3 is 3. The first-order valence-electron chi connectivity index (χ1n) is 12.3. The van der Waals surface area contributed by atoms with Crippen molar-refractivity contribution in [1.29, 1.82) is 0 Å². The molecule has 0 aliphatic rings. The third-order valence-corrected chi connectivity index (χ3v) is 5.65. The van der Waals surface area contributed by atoms with Crippen molar-refractivity contribution in [2.45, 2.75) is 19.3 Å². The van der Waals surface area contributed by atoms with Gasteiger partial charge in [0.2, 0.25) is 17.6 Å². The molecule has 2 rings (SSSR count). The van der Waals surface area contributed by atoms with Crippen LogP contribution in [0.5, 0.6) is 28.7 Å². The maximum Gasteiger partial charge on any atom is 0.246 e. The Morgan fingerprint density at radius 2 is 1.47 bits per heavy atom. The highest BCUT2D eigenvalue weighted by atomic mass is 16.5. The van der Waals surface area contributed by atoms with Crippen LogP contribution < -0.4 is 25.3 Å². The van der Waals surface area contributed by atoms with Crippen LogP contribution in [0.2, 0.25) is 0 Å². The molecule has 0 fully saturated rings. The fourth-order valence-corrected chi connectivity index (χ4v) is 3.57. The van der Waals surface area contributed by atoms with Crippen molar-refractivity contribution in [1.82, 2.24) is 10.2 Å². The van der Waals surface area contributed by atoms with Gasteiger partial charge >= 0.3 is 0 Å². The van der Waals surface area contributed by atoms with Gasteiger partial charge in [-0.25, -0.2) is 0 Å². The van der Waals surface area contributed by atoms with E-state index in [9.17, 15) is 19.8 Å². The average Bonchev–Trinajstić information content (AvgIpc) is 2.93. The van der Waals surface area contributed by atoms with Crippen molar-refractivity contribution in [3.05, 3.63) is 53.6 Å². The number of benzene rings is 2. The maximum atomic E-state index is 12.8. The highest BCUT2D eigenvalue weighted by Gasteiger charge is 2.11. The average molecular weight is 528 g/mol. The molecule has 2 amide bonds. The molecule has 0 aliphatic carbocycles. The standard InChI is InChI=1S/C28H37N3O7/c1-36-23-17-20(7-10-22(23)32)9-12-27(34)31(16-6-13-29)15-5-4-14-30-26(33)11-8-21-18-24(37-2)28(35)25(19-21)38-3/h7-12,17-19,32,35H,4-6,13-16,29H2,1-3H3,(H,30,33). The van der Waals surface area contributed by atoms with Gasteiger partial charge in [-0.2, -0.15) is 0 Å². The van der Waals surface area contributed by atoms with E-state index in [0.717, 1.165) is 5.56 Å². The van der Waals surface area contributed by atoms with Gasteiger partial charge in [0.15, 0.2) is 23.0 Å². The summed E-state index contributed by atoms with van der Waals surface area (Å²) in [7, 11) is 4.33. The van der Waals surface area contributed by atoms with Gasteiger partial charge in [-0.1, -0.05) is 6.07 Å². The SMILES string of the molecule is COc1cc(C=CC(=O)N(CCCN)CCCCNC(=O)C=Cc2cc(OC)c(O)c(OC)c2)ccc1O. The number of phenols is 2. The summed E-state index contributed by atoms with van der Waals surface area (Å²) in [5.41, 5.74) is 7.00. The van der Waals surface area contributed by atoms with Gasteiger partial charge in [0.05, 0.1) is 21.3 Å². The Morgan fingerprint density at radius 3 is 2.11 bits per heavy atom. The predicted octanol–water partition coefficient (Wildman–Crippen LogP) is 2.92. The molecule has 10 heteroatoms. The Morgan fingerprint density at radius 1 is 0.868 bits per heavy atom. The number of hydrogen-bond donors (Lipinski definition) is 4. The van der Waals surface area contributed by atoms with Gasteiger partial charge in [0.1, 0.15) is 0 Å². The van der Waals surface area contributed by atoms with E-state index in [1.54, 1.807) is 41.3 Å². The van der Waals surface area contributed by atoms with Crippen LogP contribution in [0.4, 0.5) is 0 Å². The first-order valence-corrected chi connectivity index (χ1v) is 12.3. The molecule has 0 atom stereocenters. The molecular formula is C28H37N3O7. The number of carbonyl (C=O) groups excluding carboxylic acids is 2. The molecule has 5 N–H and O–H groups in total. The fourth-order valence-electron chi connectivity index (χ4n) is 3.57. The number of hydrogen-bond acceptors (Lipinski definition) is 8. The second kappa shape index (κ2) is 15.8. The summed E-state index contributed by atoms with van der Waals surface area (Å²) in [5, 5.41) is 22.5. The van der Waals surface area contributed by atoms with Crippen LogP contribution in [0.15, 0.2) is 42.5 Å². The van der Waals surface area contributed by atoms with Crippen molar-refractivity contribution < 1.29 is 34.0 Å². The first kappa shape index (κ1) is 30.0. The quantitative estimate of drug-likeness (QED) is 0.204. The van der Waals surface area contributed by atoms with E-state index in [2.05, 4.69) is 5.32 Å². The fraction of sp³-hybridized carbons (Fsp3) is 0.357. The van der Waals surface area contributed by atoms with Crippen LogP contribution in [-0.4, -0.2) is 74.4 Å². The van der Waals surface area contributed by atoms with Crippen molar-refractivity contribution >= 4 is 24.0 Å². The van der Waals surface area contributed by atoms with Crippen LogP contribution in [0.25, 0.3) is 12.2 Å². The van der Waals surface area contributed by atoms with E-state index in [0.29, 0.717) is 56.8 Å². The summed E-state index contributed by atoms with van der Waals surface area (Å²) in [6, 6.07) is 8.05. The third-order valence-electron chi connectivity index (χ3n) is 5.65. The lowest BCUT2D eigenvalue weighted by Crippen LogP contribution is -2.33. The monoisotopic (exact) mass is 527 g/mol. The van der Waals surface area contributed by atoms with E-state index in [1.807, 2.05) is 0 Å². The highest BCUT2D eigenvalue weighted by molar-refractivity contribution is 5.92. The molecule has 0 radical (unpaired) electrons. The van der Waals surface area contributed by atoms with E-state index < -0.39 is 0 Å². The smallest absolute Gasteiger partial charge is 0.246 e. The number of carbonyl (C=O) groups is 2. The third kappa shape index (κ3) is 9.36. The Bertz CT molecular complexity index is 1110. The maximum absolute atomic E-state index is 12.8. The molecule has 0 saturated heterocycles. The van der Waals surface area contributed by atoms with Crippen molar-refractivity contribution in [2.24, 2.45) is 5.73 Å². The summed E-state index contributed by atoms with van der Waals surface area (Å²) in [4.78, 5) is 26.7. The summed E-state index contributed by atoms with van der Waals surface area (Å²) in [5.74, 6) is 0.345. The van der Waals surface area contributed by atoms with Gasteiger partial charge in [-0.3, -0.25) is 9.59 Å². The Balaban J connectivity index is 1.84. The zero-order chi connectivity index (χ0) is 27.9. The molecule has 0 heterocycles. The van der Waals surface area contributed by atoms with E-state index >= 15 is 0 Å². The van der Waals surface area contributed by atoms with Crippen LogP contribution in [0.3, 0.4) is 0 Å². The number of amides is 2. The highest BCUT2D eigenvalue weighted by Crippen LogP contribution is 2.37. The number of ether oxygens (including phenoxy) is 3. The first-order chi connectivity index (χ1) is 18.3. The Hall–Kier alpha value is -4.18. The lowest BCUT2D eigenvalue weighted by molar-refractivity contribution is -0.126. The molecule has 10 nitrogen and oxygen atoms in total. The summed E-state index contributed by atoms with van der Waals surface area (Å²) in [6.07, 6.45) is 8.22. The van der Waals surface area contributed by atoms with Gasteiger partial charge in [0.25, 0.3) is 0 Å². The zero-order valence-electron chi connectivity index (χ0n) is 22.1. The molecule has 206 valence electrons. The number of unbranched alkanes of at least 4 members (excludes halogenated alkanes) is 1. The largest absolute Gasteiger partial charge is 0.504 e. The van der Waals surface area contributed by atoms with Gasteiger partial charge < -0.3 is 40.4 Å². The molecule has 0 saturated carbocycles. The second-order valence-electron chi connectivity index (χ2n) is 8.34. The van der Waals surface area contributed by atoms with Crippen LogP contribution in [0, 0.1) is 0 Å². The number of phenolic OH excluding ortho intramolecular Hbond substituents is 2. The van der Waals surface area contributed by atoms with E-state index in [1.165, 1.54) is 39.5 Å². The topological polar surface area (TPSA) is 144 Å². The number of nitrogens with one attached hydrogen (secondary N) is 1. The molecule has 0 unspecified atom stereocenters. The Kier molecular flexibility index (Phi) is 12.5. The normalized spacial score (nSPS) is 11.1.